The van der Waals surface area contributed by atoms with Crippen LogP contribution in [0.2, 0.25) is 0 Å². The molecule has 3 N–H and O–H groups in total. The molecule has 0 bridgehead atoms. The van der Waals surface area contributed by atoms with E-state index in [1.807, 2.05) is 5.43 Å². The van der Waals surface area contributed by atoms with Gasteiger partial charge in [0.2, 0.25) is 11.5 Å². The number of amides is 2. The number of nitro groups is 1. The van der Waals surface area contributed by atoms with Gasteiger partial charge in [-0.15, -0.1) is 0 Å². The third kappa shape index (κ3) is 4.40. The fraction of sp³-hybridized carbons (Fsp3) is 0.429. The van der Waals surface area contributed by atoms with E-state index in [2.05, 4.69) is 5.43 Å². The molecule has 0 aromatic heterocycles. The minimum absolute atomic E-state index is 0.198. The Morgan fingerprint density at radius 1 is 1.25 bits per heavy atom. The van der Waals surface area contributed by atoms with E-state index < -0.39 is 34.0 Å². The van der Waals surface area contributed by atoms with Gasteiger partial charge in [0.15, 0.2) is 0 Å². The average Bonchev–Trinajstić information content (AvgIpc) is 2.52. The van der Waals surface area contributed by atoms with Crippen LogP contribution in [0.3, 0.4) is 0 Å². The van der Waals surface area contributed by atoms with E-state index in [0.717, 1.165) is 6.07 Å². The molecular formula is C14H19N3O7. The third-order valence-electron chi connectivity index (χ3n) is 3.00. The molecule has 0 heterocycles. The van der Waals surface area contributed by atoms with Crippen molar-refractivity contribution in [1.29, 1.82) is 0 Å². The Morgan fingerprint density at radius 2 is 1.83 bits per heavy atom. The molecule has 1 aromatic carbocycles. The molecule has 0 radical (unpaired) electrons. The molecule has 0 aliphatic heterocycles. The summed E-state index contributed by atoms with van der Waals surface area (Å²) in [6, 6.07) is 3.46. The highest BCUT2D eigenvalue weighted by molar-refractivity contribution is 5.99. The Labute approximate surface area is 137 Å². The van der Waals surface area contributed by atoms with Crippen molar-refractivity contribution < 1.29 is 29.1 Å². The van der Waals surface area contributed by atoms with Gasteiger partial charge in [0.05, 0.1) is 10.5 Å². The molecule has 0 saturated carbocycles. The lowest BCUT2D eigenvalue weighted by Crippen LogP contribution is -2.54. The van der Waals surface area contributed by atoms with Gasteiger partial charge < -0.3 is 14.6 Å². The molecule has 0 aliphatic carbocycles. The normalized spacial score (nSPS) is 11.0. The fourth-order valence-electron chi connectivity index (χ4n) is 1.88. The van der Waals surface area contributed by atoms with Crippen LogP contribution < -0.4 is 10.9 Å². The summed E-state index contributed by atoms with van der Waals surface area (Å²) in [4.78, 5) is 34.0. The second-order valence-corrected chi connectivity index (χ2v) is 4.65. The summed E-state index contributed by atoms with van der Waals surface area (Å²) in [5.74, 6) is -4.11. The first-order valence-corrected chi connectivity index (χ1v) is 7.11. The van der Waals surface area contributed by atoms with Gasteiger partial charge in [0, 0.05) is 19.3 Å². The first kappa shape index (κ1) is 19.3. The van der Waals surface area contributed by atoms with Crippen molar-refractivity contribution in [2.45, 2.75) is 26.6 Å². The number of phenolic OH excluding ortho intramolecular Hbond substituents is 1. The summed E-state index contributed by atoms with van der Waals surface area (Å²) in [6.07, 6.45) is 0. The molecule has 10 heteroatoms. The number of carbonyl (C=O) groups is 2. The molecule has 0 aliphatic rings. The SMILES string of the molecule is CCOC(C)(OCC)C(=O)NNC(=O)c1cccc([N+](=O)[O-])c1O. The number of hydrogen-bond acceptors (Lipinski definition) is 7. The van der Waals surface area contributed by atoms with E-state index in [9.17, 15) is 24.8 Å². The van der Waals surface area contributed by atoms with E-state index in [4.69, 9.17) is 9.47 Å². The van der Waals surface area contributed by atoms with Gasteiger partial charge in [0.25, 0.3) is 11.8 Å². The van der Waals surface area contributed by atoms with Crippen LogP contribution in [0.4, 0.5) is 5.69 Å². The van der Waals surface area contributed by atoms with Gasteiger partial charge in [-0.25, -0.2) is 0 Å². The maximum Gasteiger partial charge on any atom is 0.311 e. The van der Waals surface area contributed by atoms with Crippen LogP contribution in [0.1, 0.15) is 31.1 Å². The molecule has 0 fully saturated rings. The van der Waals surface area contributed by atoms with Gasteiger partial charge >= 0.3 is 5.69 Å². The number of carbonyl (C=O) groups excluding carboxylic acids is 2. The van der Waals surface area contributed by atoms with Crippen LogP contribution in [0, 0.1) is 10.1 Å². The molecule has 24 heavy (non-hydrogen) atoms. The van der Waals surface area contributed by atoms with Crippen molar-refractivity contribution in [3.8, 4) is 5.75 Å². The highest BCUT2D eigenvalue weighted by atomic mass is 16.7. The van der Waals surface area contributed by atoms with E-state index in [1.165, 1.54) is 19.1 Å². The van der Waals surface area contributed by atoms with E-state index in [-0.39, 0.29) is 18.8 Å². The number of hydrazine groups is 1. The maximum atomic E-state index is 12.1. The van der Waals surface area contributed by atoms with E-state index in [1.54, 1.807) is 13.8 Å². The number of nitro benzene ring substituents is 1. The zero-order valence-electron chi connectivity index (χ0n) is 13.5. The van der Waals surface area contributed by atoms with Gasteiger partial charge in [-0.1, -0.05) is 6.07 Å². The summed E-state index contributed by atoms with van der Waals surface area (Å²) < 4.78 is 10.4. The number of hydrogen-bond donors (Lipinski definition) is 3. The van der Waals surface area contributed by atoms with Gasteiger partial charge in [0.1, 0.15) is 0 Å². The highest BCUT2D eigenvalue weighted by Crippen LogP contribution is 2.28. The molecule has 1 rings (SSSR count). The number of benzene rings is 1. The standard InChI is InChI=1S/C14H19N3O7/c1-4-23-14(3,24-5-2)13(20)16-15-12(19)9-7-6-8-10(11(9)18)17(21)22/h6-8,18H,4-5H2,1-3H3,(H,15,19)(H,16,20). The van der Waals surface area contributed by atoms with Crippen LogP contribution >= 0.6 is 0 Å². The Morgan fingerprint density at radius 3 is 2.33 bits per heavy atom. The number of phenols is 1. The van der Waals surface area contributed by atoms with Gasteiger partial charge in [-0.3, -0.25) is 30.6 Å². The Kier molecular flexibility index (Phi) is 6.62. The summed E-state index contributed by atoms with van der Waals surface area (Å²) in [6.45, 7) is 5.12. The number of nitrogens with zero attached hydrogens (tertiary/aromatic N) is 1. The number of para-hydroxylation sites is 1. The van der Waals surface area contributed by atoms with Crippen molar-refractivity contribution in [2.24, 2.45) is 0 Å². The average molecular weight is 341 g/mol. The Bertz CT molecular complexity index is 627. The molecule has 0 unspecified atom stereocenters. The zero-order chi connectivity index (χ0) is 18.3. The lowest BCUT2D eigenvalue weighted by atomic mass is 10.1. The zero-order valence-corrected chi connectivity index (χ0v) is 13.5. The number of ether oxygens (including phenoxy) is 2. The van der Waals surface area contributed by atoms with Crippen LogP contribution in [0.25, 0.3) is 0 Å². The fourth-order valence-corrected chi connectivity index (χ4v) is 1.88. The number of rotatable bonds is 7. The Balaban J connectivity index is 2.84. The van der Waals surface area contributed by atoms with E-state index in [0.29, 0.717) is 0 Å². The lowest BCUT2D eigenvalue weighted by molar-refractivity contribution is -0.385. The molecule has 132 valence electrons. The largest absolute Gasteiger partial charge is 0.502 e. The highest BCUT2D eigenvalue weighted by Gasteiger charge is 2.35. The van der Waals surface area contributed by atoms with Crippen molar-refractivity contribution >= 4 is 17.5 Å². The van der Waals surface area contributed by atoms with Gasteiger partial charge in [-0.05, 0) is 26.8 Å². The summed E-state index contributed by atoms with van der Waals surface area (Å²) in [5, 5.41) is 20.5. The lowest BCUT2D eigenvalue weighted by Gasteiger charge is -2.27. The quantitative estimate of drug-likeness (QED) is 0.379. The second kappa shape index (κ2) is 8.22. The predicted molar refractivity (Wildman–Crippen MR) is 82.0 cm³/mol. The first-order chi connectivity index (χ1) is 11.3. The van der Waals surface area contributed by atoms with E-state index >= 15 is 0 Å². The van der Waals surface area contributed by atoms with Crippen LogP contribution in [0.5, 0.6) is 5.75 Å². The van der Waals surface area contributed by atoms with Crippen molar-refractivity contribution in [1.82, 2.24) is 10.9 Å². The molecule has 2 amide bonds. The Hall–Kier alpha value is -2.72. The van der Waals surface area contributed by atoms with Crippen molar-refractivity contribution in [3.63, 3.8) is 0 Å². The second-order valence-electron chi connectivity index (χ2n) is 4.65. The van der Waals surface area contributed by atoms with Crippen LogP contribution in [-0.2, 0) is 14.3 Å². The summed E-state index contributed by atoms with van der Waals surface area (Å²) in [7, 11) is 0. The van der Waals surface area contributed by atoms with Crippen molar-refractivity contribution in [2.75, 3.05) is 13.2 Å². The minimum Gasteiger partial charge on any atom is -0.502 e. The molecule has 1 aromatic rings. The smallest absolute Gasteiger partial charge is 0.311 e. The summed E-state index contributed by atoms with van der Waals surface area (Å²) in [5.41, 5.74) is 3.16. The van der Waals surface area contributed by atoms with Crippen molar-refractivity contribution in [3.05, 3.63) is 33.9 Å². The molecule has 10 nitrogen and oxygen atoms in total. The van der Waals surface area contributed by atoms with Crippen LogP contribution in [-0.4, -0.2) is 40.8 Å². The molecule has 0 atom stereocenters. The number of aromatic hydroxyl groups is 1. The minimum atomic E-state index is -1.61. The topological polar surface area (TPSA) is 140 Å². The molecular weight excluding hydrogens is 322 g/mol. The maximum absolute atomic E-state index is 12.1. The monoisotopic (exact) mass is 341 g/mol. The van der Waals surface area contributed by atoms with Gasteiger partial charge in [-0.2, -0.15) is 0 Å². The molecule has 0 spiro atoms. The predicted octanol–water partition coefficient (Wildman–Crippen LogP) is 0.851. The summed E-state index contributed by atoms with van der Waals surface area (Å²) >= 11 is 0. The van der Waals surface area contributed by atoms with Crippen LogP contribution in [0.15, 0.2) is 18.2 Å². The number of nitrogens with one attached hydrogen (secondary N) is 2. The molecule has 0 saturated heterocycles. The first-order valence-electron chi connectivity index (χ1n) is 7.11. The third-order valence-corrected chi connectivity index (χ3v) is 3.00.